The average molecular weight is 291 g/mol. The Labute approximate surface area is 134 Å². The number of allylic oxidation sites excluding steroid dienone is 1. The Kier molecular flexibility index (Phi) is 5.41. The van der Waals surface area contributed by atoms with E-state index in [0.29, 0.717) is 0 Å². The Morgan fingerprint density at radius 2 is 1.77 bits per heavy atom. The zero-order chi connectivity index (χ0) is 16.0. The highest BCUT2D eigenvalue weighted by Crippen LogP contribution is 2.16. The highest BCUT2D eigenvalue weighted by Gasteiger charge is 2.02. The van der Waals surface area contributed by atoms with Gasteiger partial charge in [-0.3, -0.25) is 4.90 Å². The fourth-order valence-electron chi connectivity index (χ4n) is 2.26. The zero-order valence-corrected chi connectivity index (χ0v) is 14.1. The van der Waals surface area contributed by atoms with Gasteiger partial charge in [-0.1, -0.05) is 54.3 Å². The molecule has 0 amide bonds. The lowest BCUT2D eigenvalue weighted by atomic mass is 9.98. The quantitative estimate of drug-likeness (QED) is 0.726. The van der Waals surface area contributed by atoms with E-state index in [0.717, 1.165) is 13.1 Å². The standard InChI is InChI=1S/C21H25N/c1-21(2,3)14-8-5-9-15-22(4)17-18-12-13-19-10-6-7-11-20(19)16-18/h5-7,9-13,16H,15,17H2,1-4H3/b9-5-. The highest BCUT2D eigenvalue weighted by atomic mass is 15.1. The molecule has 0 fully saturated rings. The molecule has 0 saturated carbocycles. The summed E-state index contributed by atoms with van der Waals surface area (Å²) in [4.78, 5) is 2.29. The molecule has 22 heavy (non-hydrogen) atoms. The lowest BCUT2D eigenvalue weighted by Crippen LogP contribution is -2.17. The van der Waals surface area contributed by atoms with Crippen molar-refractivity contribution in [3.05, 3.63) is 60.2 Å². The van der Waals surface area contributed by atoms with Crippen LogP contribution in [0.3, 0.4) is 0 Å². The van der Waals surface area contributed by atoms with Crippen molar-refractivity contribution < 1.29 is 0 Å². The summed E-state index contributed by atoms with van der Waals surface area (Å²) in [7, 11) is 2.14. The lowest BCUT2D eigenvalue weighted by molar-refractivity contribution is 0.363. The molecule has 1 nitrogen and oxygen atoms in total. The molecule has 2 aromatic rings. The van der Waals surface area contributed by atoms with Crippen molar-refractivity contribution >= 4 is 10.8 Å². The Bertz CT molecular complexity index is 708. The summed E-state index contributed by atoms with van der Waals surface area (Å²) in [5.41, 5.74) is 1.41. The summed E-state index contributed by atoms with van der Waals surface area (Å²) < 4.78 is 0. The molecule has 0 aliphatic rings. The van der Waals surface area contributed by atoms with Gasteiger partial charge in [0.25, 0.3) is 0 Å². The van der Waals surface area contributed by atoms with Crippen LogP contribution in [-0.4, -0.2) is 18.5 Å². The van der Waals surface area contributed by atoms with E-state index in [-0.39, 0.29) is 5.41 Å². The van der Waals surface area contributed by atoms with Crippen LogP contribution in [0, 0.1) is 17.3 Å². The van der Waals surface area contributed by atoms with Gasteiger partial charge in [-0.2, -0.15) is 0 Å². The SMILES string of the molecule is CN(C/C=C\C#CC(C)(C)C)Cc1ccc2ccccc2c1. The van der Waals surface area contributed by atoms with Crippen molar-refractivity contribution in [2.45, 2.75) is 27.3 Å². The molecule has 114 valence electrons. The van der Waals surface area contributed by atoms with Crippen LogP contribution in [0.25, 0.3) is 10.8 Å². The van der Waals surface area contributed by atoms with Gasteiger partial charge in [0, 0.05) is 18.5 Å². The monoisotopic (exact) mass is 291 g/mol. The molecular formula is C21H25N. The summed E-state index contributed by atoms with van der Waals surface area (Å²) in [5, 5.41) is 2.60. The third-order valence-corrected chi connectivity index (χ3v) is 3.33. The molecule has 0 bridgehead atoms. The van der Waals surface area contributed by atoms with E-state index in [1.54, 1.807) is 0 Å². The minimum Gasteiger partial charge on any atom is -0.298 e. The van der Waals surface area contributed by atoms with Crippen LogP contribution in [0.5, 0.6) is 0 Å². The van der Waals surface area contributed by atoms with Crippen molar-refractivity contribution in [2.24, 2.45) is 5.41 Å². The second-order valence-electron chi connectivity index (χ2n) is 6.80. The summed E-state index contributed by atoms with van der Waals surface area (Å²) in [6.07, 6.45) is 4.09. The number of hydrogen-bond acceptors (Lipinski definition) is 1. The number of hydrogen-bond donors (Lipinski definition) is 0. The van der Waals surface area contributed by atoms with Gasteiger partial charge in [-0.25, -0.2) is 0 Å². The van der Waals surface area contributed by atoms with Gasteiger partial charge in [0.1, 0.15) is 0 Å². The smallest absolute Gasteiger partial charge is 0.0234 e. The molecule has 0 heterocycles. The summed E-state index contributed by atoms with van der Waals surface area (Å²) in [6, 6.07) is 15.2. The molecular weight excluding hydrogens is 266 g/mol. The van der Waals surface area contributed by atoms with Crippen molar-refractivity contribution in [1.82, 2.24) is 4.90 Å². The van der Waals surface area contributed by atoms with E-state index >= 15 is 0 Å². The number of fused-ring (bicyclic) bond motifs is 1. The molecule has 0 spiro atoms. The van der Waals surface area contributed by atoms with Crippen molar-refractivity contribution in [2.75, 3.05) is 13.6 Å². The molecule has 0 atom stereocenters. The van der Waals surface area contributed by atoms with Crippen LogP contribution >= 0.6 is 0 Å². The van der Waals surface area contributed by atoms with Crippen LogP contribution in [0.15, 0.2) is 54.6 Å². The first-order valence-electron chi connectivity index (χ1n) is 7.78. The normalized spacial score (nSPS) is 11.9. The minimum absolute atomic E-state index is 0.0708. The van der Waals surface area contributed by atoms with Crippen LogP contribution in [0.4, 0.5) is 0 Å². The maximum Gasteiger partial charge on any atom is 0.0234 e. The molecule has 1 heteroatoms. The largest absolute Gasteiger partial charge is 0.298 e. The molecule has 0 radical (unpaired) electrons. The lowest BCUT2D eigenvalue weighted by Gasteiger charge is -2.14. The third kappa shape index (κ3) is 5.39. The average Bonchev–Trinajstić information content (AvgIpc) is 2.45. The number of nitrogens with zero attached hydrogens (tertiary/aromatic N) is 1. The Balaban J connectivity index is 1.91. The van der Waals surface area contributed by atoms with Crippen molar-refractivity contribution in [1.29, 1.82) is 0 Å². The molecule has 0 aliphatic carbocycles. The maximum absolute atomic E-state index is 3.21. The topological polar surface area (TPSA) is 3.24 Å². The third-order valence-electron chi connectivity index (χ3n) is 3.33. The summed E-state index contributed by atoms with van der Waals surface area (Å²) in [6.45, 7) is 8.23. The second-order valence-corrected chi connectivity index (χ2v) is 6.80. The Morgan fingerprint density at radius 3 is 2.50 bits per heavy atom. The zero-order valence-electron chi connectivity index (χ0n) is 14.1. The molecule has 0 saturated heterocycles. The van der Waals surface area contributed by atoms with E-state index in [1.807, 2.05) is 6.08 Å². The maximum atomic E-state index is 3.21. The van der Waals surface area contributed by atoms with E-state index in [2.05, 4.69) is 93.1 Å². The number of rotatable bonds is 4. The van der Waals surface area contributed by atoms with Crippen LogP contribution in [-0.2, 0) is 6.54 Å². The van der Waals surface area contributed by atoms with Gasteiger partial charge >= 0.3 is 0 Å². The second kappa shape index (κ2) is 7.29. The van der Waals surface area contributed by atoms with Gasteiger partial charge in [0.05, 0.1) is 0 Å². The minimum atomic E-state index is 0.0708. The van der Waals surface area contributed by atoms with E-state index in [1.165, 1.54) is 16.3 Å². The molecule has 2 aromatic carbocycles. The van der Waals surface area contributed by atoms with E-state index in [4.69, 9.17) is 0 Å². The van der Waals surface area contributed by atoms with E-state index < -0.39 is 0 Å². The van der Waals surface area contributed by atoms with Crippen molar-refractivity contribution in [3.8, 4) is 11.8 Å². The molecule has 2 rings (SSSR count). The van der Waals surface area contributed by atoms with Crippen LogP contribution < -0.4 is 0 Å². The van der Waals surface area contributed by atoms with E-state index in [9.17, 15) is 0 Å². The Morgan fingerprint density at radius 1 is 1.05 bits per heavy atom. The predicted molar refractivity (Wildman–Crippen MR) is 96.7 cm³/mol. The number of benzene rings is 2. The first-order valence-corrected chi connectivity index (χ1v) is 7.78. The summed E-state index contributed by atoms with van der Waals surface area (Å²) >= 11 is 0. The molecule has 0 N–H and O–H groups in total. The fourth-order valence-corrected chi connectivity index (χ4v) is 2.26. The first-order chi connectivity index (χ1) is 10.4. The van der Waals surface area contributed by atoms with Gasteiger partial charge in [0.15, 0.2) is 0 Å². The predicted octanol–water partition coefficient (Wildman–Crippen LogP) is 4.88. The van der Waals surface area contributed by atoms with Gasteiger partial charge < -0.3 is 0 Å². The number of likely N-dealkylation sites (N-methyl/N-ethyl adjacent to an activating group) is 1. The molecule has 0 aromatic heterocycles. The van der Waals surface area contributed by atoms with Gasteiger partial charge in [-0.05, 0) is 56.3 Å². The molecule has 0 aliphatic heterocycles. The highest BCUT2D eigenvalue weighted by molar-refractivity contribution is 5.82. The fraction of sp³-hybridized carbons (Fsp3) is 0.333. The molecule has 0 unspecified atom stereocenters. The van der Waals surface area contributed by atoms with Gasteiger partial charge in [-0.15, -0.1) is 0 Å². The van der Waals surface area contributed by atoms with Gasteiger partial charge in [0.2, 0.25) is 0 Å². The Hall–Kier alpha value is -2.04. The van der Waals surface area contributed by atoms with Crippen LogP contribution in [0.1, 0.15) is 26.3 Å². The van der Waals surface area contributed by atoms with Crippen LogP contribution in [0.2, 0.25) is 0 Å². The summed E-state index contributed by atoms with van der Waals surface area (Å²) in [5.74, 6) is 6.32. The van der Waals surface area contributed by atoms with Crippen molar-refractivity contribution in [3.63, 3.8) is 0 Å². The first kappa shape index (κ1) is 16.3.